The number of anilines is 1. The van der Waals surface area contributed by atoms with Gasteiger partial charge in [-0.15, -0.1) is 0 Å². The molecule has 0 aliphatic carbocycles. The zero-order valence-corrected chi connectivity index (χ0v) is 20.5. The van der Waals surface area contributed by atoms with Crippen LogP contribution in [0, 0.1) is 0 Å². The van der Waals surface area contributed by atoms with Gasteiger partial charge in [-0.05, 0) is 24.6 Å². The second kappa shape index (κ2) is 11.5. The largest absolute Gasteiger partial charge is 0.725 e. The number of benzene rings is 1. The van der Waals surface area contributed by atoms with E-state index >= 15 is 0 Å². The van der Waals surface area contributed by atoms with Gasteiger partial charge in [0.25, 0.3) is 5.91 Å². The zero-order valence-electron chi connectivity index (χ0n) is 18.0. The van der Waals surface area contributed by atoms with Crippen molar-refractivity contribution < 1.29 is 19.1 Å². The summed E-state index contributed by atoms with van der Waals surface area (Å²) in [5.41, 5.74) is 0.800. The Hall–Kier alpha value is -1.65. The molecule has 1 aromatic rings. The minimum absolute atomic E-state index is 0.0231. The van der Waals surface area contributed by atoms with Crippen LogP contribution in [0.3, 0.4) is 0 Å². The Morgan fingerprint density at radius 2 is 1.97 bits per heavy atom. The number of carbonyl (C=O) groups excluding carboxylic acids is 2. The fourth-order valence-corrected chi connectivity index (χ4v) is 4.11. The molecule has 11 heteroatoms. The average molecular weight is 498 g/mol. The normalized spacial score (nSPS) is 20.5. The maximum atomic E-state index is 12.9. The molecular weight excluding hydrogens is 471 g/mol. The minimum atomic E-state index is -0.862. The van der Waals surface area contributed by atoms with E-state index in [1.54, 1.807) is 22.0 Å². The third-order valence-corrected chi connectivity index (χ3v) is 6.64. The molecule has 0 aromatic heterocycles. The summed E-state index contributed by atoms with van der Waals surface area (Å²) >= 11 is 12.1. The predicted octanol–water partition coefficient (Wildman–Crippen LogP) is 2.64. The molecule has 1 N–H and O–H groups in total. The summed E-state index contributed by atoms with van der Waals surface area (Å²) in [5, 5.41) is 9.20. The lowest BCUT2D eigenvalue weighted by Crippen LogP contribution is -2.42. The number of halogens is 2. The summed E-state index contributed by atoms with van der Waals surface area (Å²) in [6, 6.07) is 5.28. The molecule has 1 aromatic carbocycles. The lowest BCUT2D eigenvalue weighted by Gasteiger charge is -2.17. The van der Waals surface area contributed by atoms with Gasteiger partial charge < -0.3 is 19.7 Å². The fourth-order valence-electron chi connectivity index (χ4n) is 3.45. The Bertz CT molecular complexity index is 872. The van der Waals surface area contributed by atoms with E-state index < -0.39 is 5.04 Å². The van der Waals surface area contributed by atoms with Crippen LogP contribution in [0.15, 0.2) is 23.3 Å². The van der Waals surface area contributed by atoms with E-state index in [1.807, 2.05) is 13.0 Å². The van der Waals surface area contributed by atoms with Crippen LogP contribution in [-0.2, 0) is 19.1 Å². The maximum absolute atomic E-state index is 12.9. The molecule has 2 aliphatic heterocycles. The summed E-state index contributed by atoms with van der Waals surface area (Å²) in [6.07, 6.45) is 2.04. The number of hydrogen-bond donors (Lipinski definition) is 1. The molecule has 2 radical (unpaired) electrons. The van der Waals surface area contributed by atoms with E-state index in [4.69, 9.17) is 32.7 Å². The van der Waals surface area contributed by atoms with Crippen LogP contribution >= 0.6 is 23.2 Å². The first-order valence-corrected chi connectivity index (χ1v) is 11.9. The number of nitrogens with zero attached hydrogens (tertiary/aromatic N) is 3. The van der Waals surface area contributed by atoms with Crippen molar-refractivity contribution in [1.82, 2.24) is 10.2 Å². The summed E-state index contributed by atoms with van der Waals surface area (Å²) in [7, 11) is 3.61. The molecule has 1 fully saturated rings. The third kappa shape index (κ3) is 6.45. The lowest BCUT2D eigenvalue weighted by molar-refractivity contribution is -0.135. The summed E-state index contributed by atoms with van der Waals surface area (Å²) in [6.45, 7) is 4.89. The number of hydrogen-bond acceptors (Lipinski definition) is 6. The first-order chi connectivity index (χ1) is 15.3. The maximum Gasteiger partial charge on any atom is 0.725 e. The molecule has 32 heavy (non-hydrogen) atoms. The van der Waals surface area contributed by atoms with Crippen LogP contribution < -0.4 is 10.3 Å². The molecule has 2 heterocycles. The number of likely N-dealkylation sites (tertiary alicyclic amines) is 1. The summed E-state index contributed by atoms with van der Waals surface area (Å²) < 4.78 is 10.7. The number of carbonyl (C=O) groups is 2. The number of rotatable bonds is 9. The molecule has 0 bridgehead atoms. The van der Waals surface area contributed by atoms with Gasteiger partial charge in [-0.1, -0.05) is 30.1 Å². The van der Waals surface area contributed by atoms with Crippen molar-refractivity contribution in [3.8, 4) is 0 Å². The number of nitrogens with one attached hydrogen (secondary N) is 1. The standard InChI is InChI=1S/C21H27Cl2N4O4Si/c1-2-9-30-10-11-31-13-19(28)26-8-6-21(32,14-26)20(29)24-18-5-7-27(25-18)15-3-4-16(22)17(23)12-15/h3-4,12H,2,5-11,13-14H2,1H3,(H,24,25,29)/q+1/t21-/m1/s1. The smallest absolute Gasteiger partial charge is 0.379 e. The molecule has 2 amide bonds. The highest BCUT2D eigenvalue weighted by Crippen LogP contribution is 2.35. The molecule has 0 unspecified atom stereocenters. The van der Waals surface area contributed by atoms with Gasteiger partial charge in [0.05, 0.1) is 35.5 Å². The van der Waals surface area contributed by atoms with Crippen molar-refractivity contribution in [2.75, 3.05) is 51.1 Å². The SMILES string of the molecule is CCCOCCOCC(=O)N1CC[C@]([Si+])(C(=O)NC2=NN(c3ccc(Cl)c(Cl)c3)CC2)C1. The Balaban J connectivity index is 1.48. The van der Waals surface area contributed by atoms with Crippen molar-refractivity contribution in [3.63, 3.8) is 0 Å². The highest BCUT2D eigenvalue weighted by Gasteiger charge is 2.54. The molecule has 2 aliphatic rings. The van der Waals surface area contributed by atoms with Crippen molar-refractivity contribution in [2.45, 2.75) is 31.2 Å². The van der Waals surface area contributed by atoms with E-state index in [-0.39, 0.29) is 25.0 Å². The van der Waals surface area contributed by atoms with Gasteiger partial charge in [0.15, 0.2) is 0 Å². The van der Waals surface area contributed by atoms with Gasteiger partial charge in [0.2, 0.25) is 10.9 Å². The van der Waals surface area contributed by atoms with Crippen LogP contribution in [0.4, 0.5) is 5.69 Å². The Kier molecular flexibility index (Phi) is 8.95. The van der Waals surface area contributed by atoms with Gasteiger partial charge in [0, 0.05) is 32.5 Å². The molecular formula is C21H27Cl2N4O4Si+. The topological polar surface area (TPSA) is 83.5 Å². The van der Waals surface area contributed by atoms with Crippen LogP contribution in [0.2, 0.25) is 15.1 Å². The molecule has 0 spiro atoms. The molecule has 8 nitrogen and oxygen atoms in total. The van der Waals surface area contributed by atoms with Crippen molar-refractivity contribution in [2.24, 2.45) is 5.10 Å². The van der Waals surface area contributed by atoms with Gasteiger partial charge in [-0.25, -0.2) is 0 Å². The Morgan fingerprint density at radius 3 is 2.72 bits per heavy atom. The quantitative estimate of drug-likeness (QED) is 0.418. The number of amides is 2. The van der Waals surface area contributed by atoms with E-state index in [2.05, 4.69) is 20.7 Å². The third-order valence-electron chi connectivity index (χ3n) is 5.26. The summed E-state index contributed by atoms with van der Waals surface area (Å²) in [5.74, 6) is 0.212. The van der Waals surface area contributed by atoms with Crippen molar-refractivity contribution >= 4 is 56.8 Å². The highest BCUT2D eigenvalue weighted by molar-refractivity contribution is 6.42. The van der Waals surface area contributed by atoms with Crippen LogP contribution in [-0.4, -0.2) is 78.9 Å². The second-order valence-electron chi connectivity index (χ2n) is 7.78. The van der Waals surface area contributed by atoms with E-state index in [0.717, 1.165) is 12.1 Å². The lowest BCUT2D eigenvalue weighted by atomic mass is 10.1. The van der Waals surface area contributed by atoms with E-state index in [9.17, 15) is 9.59 Å². The van der Waals surface area contributed by atoms with Crippen LogP contribution in [0.5, 0.6) is 0 Å². The highest BCUT2D eigenvalue weighted by atomic mass is 35.5. The van der Waals surface area contributed by atoms with Gasteiger partial charge in [-0.2, -0.15) is 5.10 Å². The second-order valence-corrected chi connectivity index (χ2v) is 9.56. The average Bonchev–Trinajstić information content (AvgIpc) is 3.40. The van der Waals surface area contributed by atoms with Gasteiger partial charge >= 0.3 is 10.2 Å². The Labute approximate surface area is 201 Å². The first-order valence-electron chi connectivity index (χ1n) is 10.6. The van der Waals surface area contributed by atoms with E-state index in [1.165, 1.54) is 0 Å². The molecule has 3 rings (SSSR count). The number of amidine groups is 1. The molecule has 1 saturated heterocycles. The van der Waals surface area contributed by atoms with Crippen LogP contribution in [0.1, 0.15) is 26.2 Å². The van der Waals surface area contributed by atoms with Gasteiger partial charge in [-0.3, -0.25) is 14.6 Å². The van der Waals surface area contributed by atoms with E-state index in [0.29, 0.717) is 61.6 Å². The first kappa shape index (κ1) is 25.0. The molecule has 0 saturated carbocycles. The fraction of sp³-hybridized carbons (Fsp3) is 0.571. The summed E-state index contributed by atoms with van der Waals surface area (Å²) in [4.78, 5) is 26.9. The predicted molar refractivity (Wildman–Crippen MR) is 126 cm³/mol. The van der Waals surface area contributed by atoms with Crippen LogP contribution in [0.25, 0.3) is 0 Å². The monoisotopic (exact) mass is 497 g/mol. The molecule has 1 atom stereocenters. The number of hydrazone groups is 1. The minimum Gasteiger partial charge on any atom is -0.379 e. The zero-order chi connectivity index (χ0) is 23.1. The Morgan fingerprint density at radius 1 is 1.19 bits per heavy atom. The van der Waals surface area contributed by atoms with Gasteiger partial charge in [0.1, 0.15) is 12.4 Å². The number of ether oxygens (including phenoxy) is 2. The van der Waals surface area contributed by atoms with Crippen molar-refractivity contribution in [1.29, 1.82) is 0 Å². The van der Waals surface area contributed by atoms with Crippen molar-refractivity contribution in [3.05, 3.63) is 28.2 Å². The molecule has 172 valence electrons.